The van der Waals surface area contributed by atoms with Gasteiger partial charge in [0.2, 0.25) is 6.29 Å². The smallest absolute Gasteiger partial charge is 0.283 e. The summed E-state index contributed by atoms with van der Waals surface area (Å²) in [6.07, 6.45) is 1.74. The number of hydrogen-bond acceptors (Lipinski definition) is 2. The van der Waals surface area contributed by atoms with Gasteiger partial charge in [-0.05, 0) is 12.1 Å². The molecule has 20 heavy (non-hydrogen) atoms. The topological polar surface area (TPSA) is 54.9 Å². The number of rotatable bonds is 3. The van der Waals surface area contributed by atoms with E-state index in [-0.39, 0.29) is 5.56 Å². The lowest BCUT2D eigenvalue weighted by molar-refractivity contribution is 0.562. The third-order valence-electron chi connectivity index (χ3n) is 3.07. The summed E-state index contributed by atoms with van der Waals surface area (Å²) in [4.78, 5) is 23.4. The zero-order valence-corrected chi connectivity index (χ0v) is 10.5. The minimum Gasteiger partial charge on any atom is -0.290 e. The van der Waals surface area contributed by atoms with Crippen molar-refractivity contribution in [2.24, 2.45) is 0 Å². The van der Waals surface area contributed by atoms with Gasteiger partial charge in [0, 0.05) is 5.56 Å². The summed E-state index contributed by atoms with van der Waals surface area (Å²) >= 11 is 0. The second-order valence-electron chi connectivity index (χ2n) is 4.31. The maximum atomic E-state index is 12.3. The van der Waals surface area contributed by atoms with Crippen LogP contribution in [0.15, 0.2) is 65.5 Å². The maximum absolute atomic E-state index is 12.3. The maximum Gasteiger partial charge on any atom is 0.283 e. The van der Waals surface area contributed by atoms with Crippen LogP contribution in [0.25, 0.3) is 16.9 Å². The minimum absolute atomic E-state index is 0.0139. The average molecular weight is 263 g/mol. The summed E-state index contributed by atoms with van der Waals surface area (Å²) in [7, 11) is 0. The van der Waals surface area contributed by atoms with Gasteiger partial charge in [-0.25, -0.2) is 4.68 Å². The molecule has 1 radical (unpaired) electrons. The Morgan fingerprint density at radius 2 is 1.50 bits per heavy atom. The van der Waals surface area contributed by atoms with Crippen LogP contribution in [0.4, 0.5) is 0 Å². The molecule has 3 aromatic rings. The van der Waals surface area contributed by atoms with E-state index in [9.17, 15) is 9.59 Å². The highest BCUT2D eigenvalue weighted by atomic mass is 16.1. The summed E-state index contributed by atoms with van der Waals surface area (Å²) < 4.78 is 1.35. The van der Waals surface area contributed by atoms with E-state index in [2.05, 4.69) is 5.10 Å². The fraction of sp³-hybridized carbons (Fsp3) is 0. The monoisotopic (exact) mass is 263 g/mol. The molecule has 0 spiro atoms. The molecule has 0 bridgehead atoms. The molecule has 4 heteroatoms. The SMILES string of the molecule is O=[C]c1c(-c2ccccc2)[nH]n(-c2ccccc2)c1=O. The van der Waals surface area contributed by atoms with E-state index in [0.29, 0.717) is 11.4 Å². The van der Waals surface area contributed by atoms with Gasteiger partial charge >= 0.3 is 0 Å². The van der Waals surface area contributed by atoms with Crippen LogP contribution in [0.1, 0.15) is 5.56 Å². The van der Waals surface area contributed by atoms with Crippen molar-refractivity contribution in [3.8, 4) is 16.9 Å². The summed E-state index contributed by atoms with van der Waals surface area (Å²) in [5.41, 5.74) is 1.55. The van der Waals surface area contributed by atoms with E-state index in [4.69, 9.17) is 0 Å². The molecule has 0 saturated carbocycles. The predicted octanol–water partition coefficient (Wildman–Crippen LogP) is 2.29. The number of aromatic amines is 1. The molecule has 97 valence electrons. The molecule has 0 atom stereocenters. The molecular formula is C16H11N2O2. The summed E-state index contributed by atoms with van der Waals surface area (Å²) in [5, 5.41) is 2.98. The number of para-hydroxylation sites is 1. The average Bonchev–Trinajstić information content (AvgIpc) is 2.86. The largest absolute Gasteiger partial charge is 0.290 e. The first-order chi connectivity index (χ1) is 9.81. The molecule has 4 nitrogen and oxygen atoms in total. The highest BCUT2D eigenvalue weighted by Gasteiger charge is 2.16. The Morgan fingerprint density at radius 3 is 2.10 bits per heavy atom. The number of carbonyl (C=O) groups excluding carboxylic acids is 1. The summed E-state index contributed by atoms with van der Waals surface area (Å²) in [6.45, 7) is 0. The molecule has 1 N–H and O–H groups in total. The molecule has 3 rings (SSSR count). The van der Waals surface area contributed by atoms with Crippen molar-refractivity contribution in [1.29, 1.82) is 0 Å². The number of nitrogens with zero attached hydrogens (tertiary/aromatic N) is 1. The number of benzene rings is 2. The van der Waals surface area contributed by atoms with Crippen molar-refractivity contribution in [3.63, 3.8) is 0 Å². The van der Waals surface area contributed by atoms with Crippen LogP contribution in [-0.2, 0) is 4.79 Å². The van der Waals surface area contributed by atoms with Crippen LogP contribution in [0.2, 0.25) is 0 Å². The Morgan fingerprint density at radius 1 is 0.900 bits per heavy atom. The van der Waals surface area contributed by atoms with Crippen LogP contribution in [0.3, 0.4) is 0 Å². The molecule has 0 aliphatic rings. The lowest BCUT2D eigenvalue weighted by Gasteiger charge is -2.01. The summed E-state index contributed by atoms with van der Waals surface area (Å²) in [5.74, 6) is 0. The van der Waals surface area contributed by atoms with Crippen LogP contribution in [0.5, 0.6) is 0 Å². The highest BCUT2D eigenvalue weighted by Crippen LogP contribution is 2.19. The number of nitrogens with one attached hydrogen (secondary N) is 1. The zero-order chi connectivity index (χ0) is 13.9. The van der Waals surface area contributed by atoms with Crippen molar-refractivity contribution in [3.05, 3.63) is 76.6 Å². The highest BCUT2D eigenvalue weighted by molar-refractivity contribution is 5.85. The molecule has 0 unspecified atom stereocenters. The van der Waals surface area contributed by atoms with Crippen LogP contribution in [0, 0.1) is 0 Å². The van der Waals surface area contributed by atoms with E-state index in [1.165, 1.54) is 4.68 Å². The minimum atomic E-state index is -0.398. The van der Waals surface area contributed by atoms with Crippen molar-refractivity contribution < 1.29 is 4.79 Å². The molecule has 2 aromatic carbocycles. The van der Waals surface area contributed by atoms with Gasteiger partial charge in [-0.15, -0.1) is 0 Å². The quantitative estimate of drug-likeness (QED) is 0.788. The van der Waals surface area contributed by atoms with Crippen molar-refractivity contribution in [1.82, 2.24) is 9.78 Å². The normalized spacial score (nSPS) is 10.4. The first-order valence-electron chi connectivity index (χ1n) is 6.15. The Labute approximate surface area is 115 Å². The fourth-order valence-electron chi connectivity index (χ4n) is 2.10. The molecule has 0 fully saturated rings. The molecule has 0 saturated heterocycles. The Hall–Kier alpha value is -2.88. The third kappa shape index (κ3) is 1.97. The van der Waals surface area contributed by atoms with Crippen LogP contribution in [-0.4, -0.2) is 16.1 Å². The van der Waals surface area contributed by atoms with Crippen LogP contribution >= 0.6 is 0 Å². The van der Waals surface area contributed by atoms with E-state index in [1.807, 2.05) is 48.5 Å². The van der Waals surface area contributed by atoms with Crippen molar-refractivity contribution in [2.75, 3.05) is 0 Å². The van der Waals surface area contributed by atoms with Gasteiger partial charge in [0.1, 0.15) is 5.56 Å². The molecular weight excluding hydrogens is 252 g/mol. The van der Waals surface area contributed by atoms with E-state index in [0.717, 1.165) is 5.56 Å². The van der Waals surface area contributed by atoms with E-state index >= 15 is 0 Å². The molecule has 0 aliphatic heterocycles. The summed E-state index contributed by atoms with van der Waals surface area (Å²) in [6, 6.07) is 18.3. The molecule has 1 aromatic heterocycles. The first kappa shape index (κ1) is 12.2. The standard InChI is InChI=1S/C16H11N2O2/c19-11-14-15(12-7-3-1-4-8-12)17-18(16(14)20)13-9-5-2-6-10-13/h1-10,17H. The lowest BCUT2D eigenvalue weighted by Crippen LogP contribution is -2.16. The van der Waals surface area contributed by atoms with Gasteiger partial charge in [0.25, 0.3) is 5.56 Å². The molecule has 0 amide bonds. The van der Waals surface area contributed by atoms with Gasteiger partial charge in [-0.3, -0.25) is 14.7 Å². The number of H-pyrrole nitrogens is 1. The Balaban J connectivity index is 2.24. The van der Waals surface area contributed by atoms with Crippen LogP contribution < -0.4 is 5.56 Å². The predicted molar refractivity (Wildman–Crippen MR) is 76.6 cm³/mol. The second kappa shape index (κ2) is 5.01. The number of hydrogen-bond donors (Lipinski definition) is 1. The number of aromatic nitrogens is 2. The Bertz CT molecular complexity index is 786. The van der Waals surface area contributed by atoms with E-state index in [1.54, 1.807) is 18.4 Å². The fourth-order valence-corrected chi connectivity index (χ4v) is 2.10. The second-order valence-corrected chi connectivity index (χ2v) is 4.31. The first-order valence-corrected chi connectivity index (χ1v) is 6.15. The van der Waals surface area contributed by atoms with Gasteiger partial charge in [-0.1, -0.05) is 48.5 Å². The molecule has 0 aliphatic carbocycles. The van der Waals surface area contributed by atoms with Gasteiger partial charge in [0.05, 0.1) is 11.4 Å². The van der Waals surface area contributed by atoms with Crippen molar-refractivity contribution >= 4 is 6.29 Å². The van der Waals surface area contributed by atoms with Gasteiger partial charge < -0.3 is 0 Å². The zero-order valence-electron chi connectivity index (χ0n) is 10.5. The lowest BCUT2D eigenvalue weighted by atomic mass is 10.1. The molecule has 1 heterocycles. The third-order valence-corrected chi connectivity index (χ3v) is 3.07. The van der Waals surface area contributed by atoms with Gasteiger partial charge in [0.15, 0.2) is 0 Å². The van der Waals surface area contributed by atoms with E-state index < -0.39 is 5.56 Å². The van der Waals surface area contributed by atoms with Crippen molar-refractivity contribution in [2.45, 2.75) is 0 Å². The Kier molecular flexibility index (Phi) is 3.05. The van der Waals surface area contributed by atoms with Gasteiger partial charge in [-0.2, -0.15) is 0 Å².